The average Bonchev–Trinajstić information content (AvgIpc) is 3.45. The van der Waals surface area contributed by atoms with Gasteiger partial charge in [-0.25, -0.2) is 4.39 Å². The van der Waals surface area contributed by atoms with Crippen LogP contribution >= 0.6 is 11.6 Å². The number of carbonyl (C=O) groups is 3. The number of pyridine rings is 1. The maximum Gasteiger partial charge on any atom is 0.322 e. The van der Waals surface area contributed by atoms with Gasteiger partial charge in [-0.3, -0.25) is 23.7 Å². The van der Waals surface area contributed by atoms with E-state index >= 15 is 0 Å². The minimum atomic E-state index is -1.12. The first-order valence-corrected chi connectivity index (χ1v) is 13.9. The highest BCUT2D eigenvalue weighted by Crippen LogP contribution is 2.49. The molecule has 3 heterocycles. The van der Waals surface area contributed by atoms with Crippen molar-refractivity contribution in [2.75, 3.05) is 13.1 Å². The number of hydrogen-bond acceptors (Lipinski definition) is 7. The van der Waals surface area contributed by atoms with Gasteiger partial charge in [0.15, 0.2) is 5.75 Å². The molecule has 3 aliphatic rings. The van der Waals surface area contributed by atoms with Gasteiger partial charge in [0, 0.05) is 18.7 Å². The second kappa shape index (κ2) is 10.6. The number of rotatable bonds is 7. The van der Waals surface area contributed by atoms with Gasteiger partial charge in [0.2, 0.25) is 0 Å². The molecule has 0 bridgehead atoms. The average molecular weight is 587 g/mol. The van der Waals surface area contributed by atoms with Crippen LogP contribution in [0.15, 0.2) is 35.6 Å². The number of aromatic hydroxyl groups is 1. The predicted molar refractivity (Wildman–Crippen MR) is 148 cm³/mol. The molecule has 5 rings (SSSR count). The Kier molecular flexibility index (Phi) is 7.46. The molecule has 1 saturated carbocycles. The van der Waals surface area contributed by atoms with Crippen LogP contribution in [0.4, 0.5) is 4.39 Å². The van der Waals surface area contributed by atoms with Crippen molar-refractivity contribution >= 4 is 29.4 Å². The maximum absolute atomic E-state index is 14.1. The van der Waals surface area contributed by atoms with Gasteiger partial charge in [-0.1, -0.05) is 23.7 Å². The van der Waals surface area contributed by atoms with Gasteiger partial charge in [0.05, 0.1) is 17.1 Å². The quantitative estimate of drug-likeness (QED) is 0.376. The normalized spacial score (nSPS) is 23.0. The third-order valence-electron chi connectivity index (χ3n) is 8.28. The van der Waals surface area contributed by atoms with Crippen LogP contribution in [0.1, 0.15) is 65.1 Å². The number of hydrogen-bond donors (Lipinski definition) is 2. The molecule has 10 nitrogen and oxygen atoms in total. The first-order chi connectivity index (χ1) is 19.4. The third-order valence-corrected chi connectivity index (χ3v) is 8.57. The molecule has 2 aliphatic heterocycles. The fourth-order valence-corrected chi connectivity index (χ4v) is 6.51. The fourth-order valence-electron chi connectivity index (χ4n) is 6.30. The van der Waals surface area contributed by atoms with Crippen molar-refractivity contribution in [2.45, 2.75) is 63.9 Å². The lowest BCUT2D eigenvalue weighted by Gasteiger charge is -2.38. The Morgan fingerprint density at radius 1 is 1.32 bits per heavy atom. The summed E-state index contributed by atoms with van der Waals surface area (Å²) < 4.78 is 20.4. The van der Waals surface area contributed by atoms with Gasteiger partial charge in [-0.05, 0) is 63.1 Å². The first-order valence-electron chi connectivity index (χ1n) is 13.5. The number of esters is 1. The number of carbonyl (C=O) groups excluding carboxylic acids is 3. The highest BCUT2D eigenvalue weighted by Gasteiger charge is 2.56. The molecule has 2 aromatic rings. The number of nitrogens with two attached hydrogens (primary N) is 1. The van der Waals surface area contributed by atoms with E-state index < -0.39 is 52.7 Å². The van der Waals surface area contributed by atoms with E-state index in [2.05, 4.69) is 6.58 Å². The van der Waals surface area contributed by atoms with E-state index in [4.69, 9.17) is 22.1 Å². The number of allylic oxidation sites excluding steroid dienone is 1. The Morgan fingerprint density at radius 3 is 2.68 bits per heavy atom. The molecule has 12 heteroatoms. The van der Waals surface area contributed by atoms with Crippen molar-refractivity contribution in [3.05, 3.63) is 74.4 Å². The molecule has 1 aromatic carbocycles. The maximum atomic E-state index is 14.1. The second-order valence-electron chi connectivity index (χ2n) is 11.1. The standard InChI is InChI=1S/C29H32ClFN4O6/c1-4-17-7-9-29(12-17)34(13-15(2)41-28(40)16(3)32)26(38)23-19-8-10-33(14-18-5-6-21(31)20(30)11-18)25(37)22(19)24(36)27(39)35(23)29/h4-6,11,15-17,36H,1,7-10,12-14,32H2,2-3H3/t15-,16-,17+,29+/m0/s1. The van der Waals surface area contributed by atoms with E-state index in [1.807, 2.05) is 0 Å². The van der Waals surface area contributed by atoms with Crippen molar-refractivity contribution in [1.82, 2.24) is 14.4 Å². The Balaban J connectivity index is 1.56. The van der Waals surface area contributed by atoms with Crippen LogP contribution in [-0.2, 0) is 28.2 Å². The minimum Gasteiger partial charge on any atom is -0.502 e. The summed E-state index contributed by atoms with van der Waals surface area (Å²) in [5, 5.41) is 11.1. The lowest BCUT2D eigenvalue weighted by molar-refractivity contribution is -0.150. The first kappa shape index (κ1) is 28.8. The lowest BCUT2D eigenvalue weighted by atomic mass is 9.95. The number of halogens is 2. The van der Waals surface area contributed by atoms with Gasteiger partial charge >= 0.3 is 5.97 Å². The molecule has 0 saturated heterocycles. The fraction of sp³-hybridized carbons (Fsp3) is 0.448. The van der Waals surface area contributed by atoms with E-state index in [1.54, 1.807) is 13.0 Å². The monoisotopic (exact) mass is 586 g/mol. The number of ether oxygens (including phenoxy) is 1. The van der Waals surface area contributed by atoms with Crippen molar-refractivity contribution in [2.24, 2.45) is 11.7 Å². The topological polar surface area (TPSA) is 135 Å². The van der Waals surface area contributed by atoms with E-state index in [0.29, 0.717) is 30.4 Å². The summed E-state index contributed by atoms with van der Waals surface area (Å²) in [5.41, 5.74) is 4.42. The third kappa shape index (κ3) is 4.70. The van der Waals surface area contributed by atoms with Crippen LogP contribution < -0.4 is 11.3 Å². The smallest absolute Gasteiger partial charge is 0.322 e. The molecular formula is C29H32ClFN4O6. The molecule has 0 radical (unpaired) electrons. The van der Waals surface area contributed by atoms with Crippen LogP contribution in [0, 0.1) is 11.7 Å². The SMILES string of the molecule is C=C[C@@H]1CC[C@@]2(C1)N(C[C@H](C)OC(=O)[C@H](C)N)C(=O)c1c3c(c(O)c(=O)n12)C(=O)N(Cc1ccc(F)c(Cl)c1)CC3. The highest BCUT2D eigenvalue weighted by molar-refractivity contribution is 6.30. The van der Waals surface area contributed by atoms with Crippen molar-refractivity contribution in [1.29, 1.82) is 0 Å². The van der Waals surface area contributed by atoms with Crippen molar-refractivity contribution in [3.8, 4) is 5.75 Å². The molecule has 4 atom stereocenters. The second-order valence-corrected chi connectivity index (χ2v) is 11.5. The van der Waals surface area contributed by atoms with Crippen molar-refractivity contribution < 1.29 is 28.6 Å². The summed E-state index contributed by atoms with van der Waals surface area (Å²) in [6, 6.07) is 3.27. The number of nitrogens with zero attached hydrogens (tertiary/aromatic N) is 3. The van der Waals surface area contributed by atoms with E-state index in [0.717, 1.165) is 0 Å². The molecule has 41 heavy (non-hydrogen) atoms. The Morgan fingerprint density at radius 2 is 2.05 bits per heavy atom. The van der Waals surface area contributed by atoms with E-state index in [1.165, 1.54) is 39.5 Å². The van der Waals surface area contributed by atoms with Gasteiger partial charge in [0.1, 0.15) is 29.3 Å². The summed E-state index contributed by atoms with van der Waals surface area (Å²) >= 11 is 5.90. The van der Waals surface area contributed by atoms with Gasteiger partial charge < -0.3 is 25.4 Å². The zero-order valence-corrected chi connectivity index (χ0v) is 23.6. The van der Waals surface area contributed by atoms with Crippen LogP contribution in [0.25, 0.3) is 0 Å². The largest absolute Gasteiger partial charge is 0.502 e. The van der Waals surface area contributed by atoms with Gasteiger partial charge in [-0.2, -0.15) is 0 Å². The summed E-state index contributed by atoms with van der Waals surface area (Å²) in [4.78, 5) is 56.6. The van der Waals surface area contributed by atoms with Gasteiger partial charge in [0.25, 0.3) is 17.4 Å². The van der Waals surface area contributed by atoms with E-state index in [-0.39, 0.29) is 48.3 Å². The van der Waals surface area contributed by atoms with Crippen LogP contribution in [-0.4, -0.2) is 62.5 Å². The number of fused-ring (bicyclic) bond motifs is 4. The van der Waals surface area contributed by atoms with Crippen molar-refractivity contribution in [3.63, 3.8) is 0 Å². The summed E-state index contributed by atoms with van der Waals surface area (Å²) in [6.45, 7) is 7.29. The Hall–Kier alpha value is -3.70. The van der Waals surface area contributed by atoms with Gasteiger partial charge in [-0.15, -0.1) is 6.58 Å². The Bertz CT molecular complexity index is 1520. The van der Waals surface area contributed by atoms with Crippen LogP contribution in [0.2, 0.25) is 5.02 Å². The molecule has 1 spiro atoms. The molecule has 3 N–H and O–H groups in total. The number of amides is 2. The molecule has 218 valence electrons. The minimum absolute atomic E-state index is 0.00269. The Labute approximate surface area is 241 Å². The molecule has 0 unspecified atom stereocenters. The zero-order chi connectivity index (χ0) is 29.8. The summed E-state index contributed by atoms with van der Waals surface area (Å²) in [5.74, 6) is -3.01. The molecule has 1 aliphatic carbocycles. The van der Waals surface area contributed by atoms with Crippen LogP contribution in [0.5, 0.6) is 5.75 Å². The lowest BCUT2D eigenvalue weighted by Crippen LogP contribution is -2.51. The zero-order valence-electron chi connectivity index (χ0n) is 22.9. The van der Waals surface area contributed by atoms with E-state index in [9.17, 15) is 28.7 Å². The molecule has 2 amide bonds. The highest BCUT2D eigenvalue weighted by atomic mass is 35.5. The number of benzene rings is 1. The summed E-state index contributed by atoms with van der Waals surface area (Å²) in [6.07, 6.45) is 2.70. The molecule has 1 aromatic heterocycles. The molecular weight excluding hydrogens is 555 g/mol. The number of aromatic nitrogens is 1. The summed E-state index contributed by atoms with van der Waals surface area (Å²) in [7, 11) is 0. The van der Waals surface area contributed by atoms with Crippen LogP contribution in [0.3, 0.4) is 0 Å². The predicted octanol–water partition coefficient (Wildman–Crippen LogP) is 2.92. The molecule has 1 fully saturated rings.